The van der Waals surface area contributed by atoms with Crippen LogP contribution < -0.4 is 0 Å². The summed E-state index contributed by atoms with van der Waals surface area (Å²) in [6, 6.07) is 73.6. The second kappa shape index (κ2) is 12.8. The van der Waals surface area contributed by atoms with Crippen molar-refractivity contribution >= 4 is 43.7 Å². The predicted octanol–water partition coefficient (Wildman–Crippen LogP) is 14.2. The van der Waals surface area contributed by atoms with Crippen LogP contribution in [0.4, 0.5) is 0 Å². The van der Waals surface area contributed by atoms with Crippen LogP contribution in [0.15, 0.2) is 211 Å². The predicted molar refractivity (Wildman–Crippen MR) is 254 cm³/mol. The largest absolute Gasteiger partial charge is 0.455 e. The molecule has 14 rings (SSSR count). The van der Waals surface area contributed by atoms with Crippen molar-refractivity contribution in [2.45, 2.75) is 5.41 Å². The molecule has 9 aromatic carbocycles. The van der Waals surface area contributed by atoms with E-state index in [-0.39, 0.29) is 0 Å². The first-order valence-electron chi connectivity index (χ1n) is 21.4. The van der Waals surface area contributed by atoms with Crippen molar-refractivity contribution < 1.29 is 4.42 Å². The van der Waals surface area contributed by atoms with Crippen molar-refractivity contribution in [1.29, 1.82) is 0 Å². The van der Waals surface area contributed by atoms with Gasteiger partial charge in [-0.05, 0) is 74.3 Å². The average molecular weight is 803 g/mol. The number of aromatic nitrogens is 4. The Labute approximate surface area is 362 Å². The molecule has 0 radical (unpaired) electrons. The molecule has 0 amide bonds. The molecule has 0 bridgehead atoms. The molecular formula is C58H34N4O. The highest BCUT2D eigenvalue weighted by molar-refractivity contribution is 6.19. The summed E-state index contributed by atoms with van der Waals surface area (Å²) < 4.78 is 8.95. The third-order valence-electron chi connectivity index (χ3n) is 13.5. The molecule has 0 aliphatic heterocycles. The lowest BCUT2D eigenvalue weighted by molar-refractivity contribution is 0.670. The van der Waals surface area contributed by atoms with E-state index < -0.39 is 5.41 Å². The summed E-state index contributed by atoms with van der Waals surface area (Å²) >= 11 is 0. The van der Waals surface area contributed by atoms with Crippen LogP contribution in [-0.4, -0.2) is 19.5 Å². The average Bonchev–Trinajstić information content (AvgIpc) is 4.08. The van der Waals surface area contributed by atoms with E-state index in [1.54, 1.807) is 0 Å². The number of para-hydroxylation sites is 2. The van der Waals surface area contributed by atoms with Gasteiger partial charge in [-0.2, -0.15) is 9.97 Å². The first kappa shape index (κ1) is 34.3. The highest BCUT2D eigenvalue weighted by atomic mass is 16.3. The van der Waals surface area contributed by atoms with Gasteiger partial charge in [0.15, 0.2) is 11.6 Å². The third kappa shape index (κ3) is 4.63. The standard InChI is InChI=1S/C58H34N4O/c1-3-16-35(17-4-1)38-24-15-25-42-41-31-30-37(34-51(41)63-54(38)42)56-59-55(36-18-5-2-6-19-36)60-57(61-56)62-49-29-14-10-23-44(49)53-50(62)33-32-48-52(53)43-22-9-13-28-47(43)58(48)45-26-11-7-20-39(45)40-21-8-12-27-46(40)58/h1-34H. The zero-order valence-corrected chi connectivity index (χ0v) is 33.8. The van der Waals surface area contributed by atoms with Crippen LogP contribution in [0.2, 0.25) is 0 Å². The fraction of sp³-hybridized carbons (Fsp3) is 0.0172. The molecule has 0 N–H and O–H groups in total. The number of fused-ring (bicyclic) bond motifs is 17. The number of nitrogens with zero attached hydrogens (tertiary/aromatic N) is 4. The lowest BCUT2D eigenvalue weighted by Gasteiger charge is -2.30. The highest BCUT2D eigenvalue weighted by Gasteiger charge is 2.52. The van der Waals surface area contributed by atoms with Crippen LogP contribution in [0.1, 0.15) is 22.3 Å². The summed E-state index contributed by atoms with van der Waals surface area (Å²) in [6.07, 6.45) is 0. The SMILES string of the molecule is c1ccc(-c2nc(-c3ccc4c(c3)oc3c(-c5ccccc5)cccc34)nc(-n3c4ccccc4c4c5c(ccc43)C3(c4ccccc4-c4ccccc43)c3ccccc3-5)n2)cc1. The van der Waals surface area contributed by atoms with Crippen LogP contribution in [-0.2, 0) is 5.41 Å². The first-order chi connectivity index (χ1) is 31.3. The second-order valence-corrected chi connectivity index (χ2v) is 16.6. The molecular weight excluding hydrogens is 769 g/mol. The molecule has 0 saturated carbocycles. The second-order valence-electron chi connectivity index (χ2n) is 16.6. The van der Waals surface area contributed by atoms with Crippen LogP contribution in [0, 0.1) is 0 Å². The smallest absolute Gasteiger partial charge is 0.238 e. The van der Waals surface area contributed by atoms with Gasteiger partial charge < -0.3 is 4.42 Å². The molecule has 0 atom stereocenters. The lowest BCUT2D eigenvalue weighted by Crippen LogP contribution is -2.25. The van der Waals surface area contributed by atoms with Gasteiger partial charge in [0.25, 0.3) is 0 Å². The zero-order valence-electron chi connectivity index (χ0n) is 33.8. The van der Waals surface area contributed by atoms with Crippen molar-refractivity contribution in [3.63, 3.8) is 0 Å². The topological polar surface area (TPSA) is 56.7 Å². The minimum Gasteiger partial charge on any atom is -0.455 e. The molecule has 0 fully saturated rings. The van der Waals surface area contributed by atoms with Gasteiger partial charge in [0, 0.05) is 38.2 Å². The Bertz CT molecular complexity index is 3820. The van der Waals surface area contributed by atoms with Crippen LogP contribution in [0.5, 0.6) is 0 Å². The van der Waals surface area contributed by atoms with Crippen molar-refractivity contribution in [3.8, 4) is 62.1 Å². The summed E-state index contributed by atoms with van der Waals surface area (Å²) in [6.45, 7) is 0. The molecule has 63 heavy (non-hydrogen) atoms. The van der Waals surface area contributed by atoms with Gasteiger partial charge in [-0.3, -0.25) is 4.57 Å². The molecule has 5 heteroatoms. The van der Waals surface area contributed by atoms with E-state index in [2.05, 4.69) is 187 Å². The van der Waals surface area contributed by atoms with E-state index >= 15 is 0 Å². The summed E-state index contributed by atoms with van der Waals surface area (Å²) in [5.41, 5.74) is 17.6. The Balaban J connectivity index is 1.02. The van der Waals surface area contributed by atoms with E-state index in [0.717, 1.165) is 60.6 Å². The molecule has 1 spiro atoms. The van der Waals surface area contributed by atoms with Gasteiger partial charge in [-0.25, -0.2) is 4.98 Å². The Morgan fingerprint density at radius 2 is 0.968 bits per heavy atom. The zero-order chi connectivity index (χ0) is 41.2. The van der Waals surface area contributed by atoms with Gasteiger partial charge in [-0.1, -0.05) is 182 Å². The molecule has 2 aliphatic carbocycles. The molecule has 2 aliphatic rings. The molecule has 3 aromatic heterocycles. The van der Waals surface area contributed by atoms with E-state index in [4.69, 9.17) is 19.4 Å². The monoisotopic (exact) mass is 802 g/mol. The van der Waals surface area contributed by atoms with Crippen molar-refractivity contribution in [2.24, 2.45) is 0 Å². The van der Waals surface area contributed by atoms with Gasteiger partial charge >= 0.3 is 0 Å². The molecule has 3 heterocycles. The van der Waals surface area contributed by atoms with Crippen LogP contribution >= 0.6 is 0 Å². The number of hydrogen-bond donors (Lipinski definition) is 0. The number of furan rings is 1. The maximum absolute atomic E-state index is 6.71. The number of rotatable bonds is 4. The third-order valence-corrected chi connectivity index (χ3v) is 13.5. The molecule has 12 aromatic rings. The molecule has 5 nitrogen and oxygen atoms in total. The summed E-state index contributed by atoms with van der Waals surface area (Å²) in [4.78, 5) is 15.8. The van der Waals surface area contributed by atoms with Crippen molar-refractivity contribution in [3.05, 3.63) is 229 Å². The summed E-state index contributed by atoms with van der Waals surface area (Å²) in [5.74, 6) is 1.72. The van der Waals surface area contributed by atoms with Gasteiger partial charge in [0.1, 0.15) is 11.2 Å². The number of benzene rings is 9. The normalized spacial score (nSPS) is 13.2. The van der Waals surface area contributed by atoms with E-state index in [9.17, 15) is 0 Å². The van der Waals surface area contributed by atoms with Crippen molar-refractivity contribution in [2.75, 3.05) is 0 Å². The maximum atomic E-state index is 6.71. The van der Waals surface area contributed by atoms with Crippen molar-refractivity contribution in [1.82, 2.24) is 19.5 Å². The summed E-state index contributed by atoms with van der Waals surface area (Å²) in [5, 5.41) is 4.46. The van der Waals surface area contributed by atoms with Gasteiger partial charge in [-0.15, -0.1) is 0 Å². The maximum Gasteiger partial charge on any atom is 0.238 e. The Morgan fingerprint density at radius 3 is 1.71 bits per heavy atom. The number of hydrogen-bond acceptors (Lipinski definition) is 4. The molecule has 0 unspecified atom stereocenters. The van der Waals surface area contributed by atoms with E-state index in [0.29, 0.717) is 17.6 Å². The summed E-state index contributed by atoms with van der Waals surface area (Å²) in [7, 11) is 0. The Kier molecular flexibility index (Phi) is 6.97. The quantitative estimate of drug-likeness (QED) is 0.178. The minimum absolute atomic E-state index is 0.450. The minimum atomic E-state index is -0.450. The van der Waals surface area contributed by atoms with Crippen LogP contribution in [0.25, 0.3) is 106 Å². The Hall–Kier alpha value is -8.41. The van der Waals surface area contributed by atoms with Crippen LogP contribution in [0.3, 0.4) is 0 Å². The highest BCUT2D eigenvalue weighted by Crippen LogP contribution is 2.64. The van der Waals surface area contributed by atoms with E-state index in [1.165, 1.54) is 49.9 Å². The molecule has 0 saturated heterocycles. The fourth-order valence-electron chi connectivity index (χ4n) is 10.9. The molecule has 292 valence electrons. The Morgan fingerprint density at radius 1 is 0.381 bits per heavy atom. The first-order valence-corrected chi connectivity index (χ1v) is 21.4. The fourth-order valence-corrected chi connectivity index (χ4v) is 10.9. The lowest BCUT2D eigenvalue weighted by atomic mass is 9.70. The van der Waals surface area contributed by atoms with Gasteiger partial charge in [0.05, 0.1) is 16.4 Å². The van der Waals surface area contributed by atoms with Gasteiger partial charge in [0.2, 0.25) is 5.95 Å². The van der Waals surface area contributed by atoms with E-state index in [1.807, 2.05) is 24.3 Å².